The van der Waals surface area contributed by atoms with Gasteiger partial charge < -0.3 is 23.9 Å². The van der Waals surface area contributed by atoms with Gasteiger partial charge in [0.15, 0.2) is 12.3 Å². The molecule has 0 saturated carbocycles. The zero-order chi connectivity index (χ0) is 19.5. The first-order valence-electron chi connectivity index (χ1n) is 9.56. The molecule has 0 unspecified atom stereocenters. The maximum atomic E-state index is 12.7. The number of carbonyl (C=O) groups is 1. The first kappa shape index (κ1) is 18.8. The molecule has 2 aliphatic heterocycles. The Morgan fingerprint density at radius 3 is 2.64 bits per heavy atom. The Morgan fingerprint density at radius 1 is 1.21 bits per heavy atom. The standard InChI is InChI=1S/C20H25N3O5/c1-26-14-4-6-15(7-5-14)27-13-19-21-16(12-28-19)20(25)23-10-17(18(24)11-23)22-8-2-3-9-22/h4-7,12,17-18,24H,2-3,8-11,13H2,1H3/t17-,18-/m0/s1. The molecular formula is C20H25N3O5. The fraction of sp³-hybridized carbons (Fsp3) is 0.500. The largest absolute Gasteiger partial charge is 0.497 e. The highest BCUT2D eigenvalue weighted by Crippen LogP contribution is 2.23. The third-order valence-corrected chi connectivity index (χ3v) is 5.35. The zero-order valence-corrected chi connectivity index (χ0v) is 15.9. The molecule has 2 aromatic rings. The number of likely N-dealkylation sites (tertiary alicyclic amines) is 2. The van der Waals surface area contributed by atoms with Gasteiger partial charge in [-0.1, -0.05) is 0 Å². The van der Waals surface area contributed by atoms with Crippen molar-refractivity contribution in [2.24, 2.45) is 0 Å². The number of carbonyl (C=O) groups excluding carboxylic acids is 1. The van der Waals surface area contributed by atoms with Crippen molar-refractivity contribution in [3.63, 3.8) is 0 Å². The van der Waals surface area contributed by atoms with Gasteiger partial charge in [-0.2, -0.15) is 0 Å². The van der Waals surface area contributed by atoms with Crippen LogP contribution in [0.15, 0.2) is 34.9 Å². The lowest BCUT2D eigenvalue weighted by atomic mass is 10.2. The first-order chi connectivity index (χ1) is 13.6. The second kappa shape index (κ2) is 8.20. The minimum atomic E-state index is -0.521. The molecule has 0 spiro atoms. The lowest BCUT2D eigenvalue weighted by molar-refractivity contribution is 0.0757. The number of amides is 1. The summed E-state index contributed by atoms with van der Waals surface area (Å²) in [7, 11) is 1.61. The van der Waals surface area contributed by atoms with Crippen molar-refractivity contribution in [2.45, 2.75) is 31.6 Å². The van der Waals surface area contributed by atoms with Gasteiger partial charge in [0, 0.05) is 13.1 Å². The maximum absolute atomic E-state index is 12.7. The second-order valence-corrected chi connectivity index (χ2v) is 7.18. The Morgan fingerprint density at radius 2 is 1.93 bits per heavy atom. The Labute approximate surface area is 163 Å². The summed E-state index contributed by atoms with van der Waals surface area (Å²) < 4.78 is 16.1. The van der Waals surface area contributed by atoms with E-state index in [0.29, 0.717) is 24.7 Å². The molecule has 1 aromatic heterocycles. The van der Waals surface area contributed by atoms with Crippen LogP contribution in [0.25, 0.3) is 0 Å². The van der Waals surface area contributed by atoms with Crippen molar-refractivity contribution in [1.29, 1.82) is 0 Å². The van der Waals surface area contributed by atoms with E-state index in [1.165, 1.54) is 6.26 Å². The van der Waals surface area contributed by atoms with Crippen LogP contribution in [0, 0.1) is 0 Å². The Bertz CT molecular complexity index is 800. The second-order valence-electron chi connectivity index (χ2n) is 7.18. The molecule has 2 aliphatic rings. The van der Waals surface area contributed by atoms with E-state index in [0.717, 1.165) is 31.7 Å². The van der Waals surface area contributed by atoms with Gasteiger partial charge in [-0.25, -0.2) is 4.98 Å². The van der Waals surface area contributed by atoms with Crippen molar-refractivity contribution in [3.8, 4) is 11.5 Å². The molecule has 3 heterocycles. The average Bonchev–Trinajstić information content (AvgIpc) is 3.47. The zero-order valence-electron chi connectivity index (χ0n) is 15.9. The number of hydrogen-bond donors (Lipinski definition) is 1. The van der Waals surface area contributed by atoms with Gasteiger partial charge in [-0.05, 0) is 50.2 Å². The fourth-order valence-corrected chi connectivity index (χ4v) is 3.82. The van der Waals surface area contributed by atoms with Crippen molar-refractivity contribution >= 4 is 5.91 Å². The van der Waals surface area contributed by atoms with Gasteiger partial charge in [0.1, 0.15) is 17.8 Å². The van der Waals surface area contributed by atoms with Crippen LogP contribution >= 0.6 is 0 Å². The summed E-state index contributed by atoms with van der Waals surface area (Å²) in [6, 6.07) is 7.19. The summed E-state index contributed by atoms with van der Waals surface area (Å²) >= 11 is 0. The number of β-amino-alcohol motifs (C(OH)–C–C–N with tert-alkyl or cyclic N) is 1. The van der Waals surface area contributed by atoms with Crippen molar-refractivity contribution < 1.29 is 23.8 Å². The van der Waals surface area contributed by atoms with E-state index in [1.807, 2.05) is 0 Å². The number of ether oxygens (including phenoxy) is 2. The maximum Gasteiger partial charge on any atom is 0.275 e. The molecule has 1 aromatic carbocycles. The summed E-state index contributed by atoms with van der Waals surface area (Å²) in [6.07, 6.45) is 3.13. The Kier molecular flexibility index (Phi) is 5.50. The lowest BCUT2D eigenvalue weighted by Crippen LogP contribution is -2.41. The van der Waals surface area contributed by atoms with Crippen LogP contribution in [0.2, 0.25) is 0 Å². The van der Waals surface area contributed by atoms with Crippen LogP contribution in [-0.2, 0) is 6.61 Å². The normalized spacial score (nSPS) is 22.6. The molecule has 8 nitrogen and oxygen atoms in total. The third kappa shape index (κ3) is 3.98. The summed E-state index contributed by atoms with van der Waals surface area (Å²) in [5, 5.41) is 10.4. The van der Waals surface area contributed by atoms with Gasteiger partial charge in [-0.3, -0.25) is 9.69 Å². The molecule has 150 valence electrons. The number of aromatic nitrogens is 1. The highest BCUT2D eigenvalue weighted by Gasteiger charge is 2.39. The molecule has 0 aliphatic carbocycles. The highest BCUT2D eigenvalue weighted by molar-refractivity contribution is 5.92. The first-order valence-corrected chi connectivity index (χ1v) is 9.56. The highest BCUT2D eigenvalue weighted by atomic mass is 16.5. The van der Waals surface area contributed by atoms with E-state index in [-0.39, 0.29) is 24.2 Å². The summed E-state index contributed by atoms with van der Waals surface area (Å²) in [4.78, 5) is 20.9. The third-order valence-electron chi connectivity index (χ3n) is 5.35. The van der Waals surface area contributed by atoms with Crippen molar-refractivity contribution in [3.05, 3.63) is 42.1 Å². The van der Waals surface area contributed by atoms with Crippen LogP contribution in [0.4, 0.5) is 0 Å². The van der Waals surface area contributed by atoms with Gasteiger partial charge in [-0.15, -0.1) is 0 Å². The summed E-state index contributed by atoms with van der Waals surface area (Å²) in [5.41, 5.74) is 0.239. The fourth-order valence-electron chi connectivity index (χ4n) is 3.82. The molecule has 2 atom stereocenters. The number of hydrogen-bond acceptors (Lipinski definition) is 7. The van der Waals surface area contributed by atoms with Crippen LogP contribution in [0.3, 0.4) is 0 Å². The van der Waals surface area contributed by atoms with Crippen LogP contribution < -0.4 is 9.47 Å². The number of rotatable bonds is 6. The molecule has 0 radical (unpaired) electrons. The average molecular weight is 387 g/mol. The molecule has 8 heteroatoms. The monoisotopic (exact) mass is 387 g/mol. The van der Waals surface area contributed by atoms with Crippen molar-refractivity contribution in [1.82, 2.24) is 14.8 Å². The van der Waals surface area contributed by atoms with Crippen LogP contribution in [0.1, 0.15) is 29.2 Å². The van der Waals surface area contributed by atoms with Gasteiger partial charge in [0.05, 0.1) is 19.3 Å². The molecule has 1 N–H and O–H groups in total. The Balaban J connectivity index is 1.33. The Hall–Kier alpha value is -2.58. The van der Waals surface area contributed by atoms with E-state index < -0.39 is 6.10 Å². The molecule has 0 bridgehead atoms. The minimum Gasteiger partial charge on any atom is -0.497 e. The quantitative estimate of drug-likeness (QED) is 0.804. The van der Waals surface area contributed by atoms with E-state index in [9.17, 15) is 9.90 Å². The predicted molar refractivity (Wildman–Crippen MR) is 100 cm³/mol. The van der Waals surface area contributed by atoms with E-state index >= 15 is 0 Å². The van der Waals surface area contributed by atoms with Crippen LogP contribution in [-0.4, -0.2) is 71.2 Å². The predicted octanol–water partition coefficient (Wildman–Crippen LogP) is 1.54. The number of benzene rings is 1. The summed E-state index contributed by atoms with van der Waals surface area (Å²) in [5.74, 6) is 1.51. The van der Waals surface area contributed by atoms with Gasteiger partial charge in [0.25, 0.3) is 5.91 Å². The molecular weight excluding hydrogens is 362 g/mol. The van der Waals surface area contributed by atoms with E-state index in [4.69, 9.17) is 13.9 Å². The van der Waals surface area contributed by atoms with Gasteiger partial charge >= 0.3 is 0 Å². The number of methoxy groups -OCH3 is 1. The molecule has 4 rings (SSSR count). The van der Waals surface area contributed by atoms with E-state index in [2.05, 4.69) is 9.88 Å². The molecule has 2 fully saturated rings. The topological polar surface area (TPSA) is 88.3 Å². The van der Waals surface area contributed by atoms with Crippen molar-refractivity contribution in [2.75, 3.05) is 33.3 Å². The number of aliphatic hydroxyl groups excluding tert-OH is 1. The van der Waals surface area contributed by atoms with Crippen LogP contribution in [0.5, 0.6) is 11.5 Å². The molecule has 1 amide bonds. The smallest absolute Gasteiger partial charge is 0.275 e. The lowest BCUT2D eigenvalue weighted by Gasteiger charge is -2.25. The van der Waals surface area contributed by atoms with E-state index in [1.54, 1.807) is 36.3 Å². The molecule has 2 saturated heterocycles. The summed E-state index contributed by atoms with van der Waals surface area (Å²) in [6.45, 7) is 2.94. The number of oxazole rings is 1. The minimum absolute atomic E-state index is 0.0104. The number of aliphatic hydroxyl groups is 1. The van der Waals surface area contributed by atoms with Gasteiger partial charge in [0.2, 0.25) is 5.89 Å². The molecule has 28 heavy (non-hydrogen) atoms. The SMILES string of the molecule is COc1ccc(OCc2nc(C(=O)N3C[C@H](O)[C@@H](N4CCCC4)C3)co2)cc1. The number of nitrogens with zero attached hydrogens (tertiary/aromatic N) is 3.